The molecule has 4 rings (SSSR count). The number of hydrogen-bond donors (Lipinski definition) is 0. The van der Waals surface area contributed by atoms with Gasteiger partial charge in [0.15, 0.2) is 0 Å². The van der Waals surface area contributed by atoms with E-state index in [0.717, 1.165) is 29.6 Å². The Bertz CT molecular complexity index is 710. The van der Waals surface area contributed by atoms with Crippen LogP contribution in [0.1, 0.15) is 133 Å². The Kier molecular flexibility index (Phi) is 6.09. The molecule has 2 fully saturated rings. The lowest BCUT2D eigenvalue weighted by Crippen LogP contribution is -2.53. The fraction of sp³-hybridized carbons (Fsp3) is 0.935. The molecule has 0 spiro atoms. The van der Waals surface area contributed by atoms with Gasteiger partial charge in [-0.3, -0.25) is 0 Å². The van der Waals surface area contributed by atoms with Crippen molar-refractivity contribution < 1.29 is 0 Å². The average Bonchev–Trinajstić information content (AvgIpc) is 2.96. The first-order valence-electron chi connectivity index (χ1n) is 14.1. The highest BCUT2D eigenvalue weighted by Crippen LogP contribution is 2.72. The van der Waals surface area contributed by atoms with Crippen molar-refractivity contribution in [2.24, 2.45) is 51.2 Å². The van der Waals surface area contributed by atoms with Crippen LogP contribution in [-0.4, -0.2) is 0 Å². The van der Waals surface area contributed by atoms with E-state index in [9.17, 15) is 0 Å². The van der Waals surface area contributed by atoms with E-state index in [-0.39, 0.29) is 0 Å². The highest BCUT2D eigenvalue weighted by Gasteiger charge is 2.62. The predicted octanol–water partition coefficient (Wildman–Crippen LogP) is 9.83. The minimum absolute atomic E-state index is 0.471. The summed E-state index contributed by atoms with van der Waals surface area (Å²) in [6, 6.07) is 0. The van der Waals surface area contributed by atoms with E-state index in [0.29, 0.717) is 21.7 Å². The average molecular weight is 427 g/mol. The summed E-state index contributed by atoms with van der Waals surface area (Å²) in [7, 11) is 0. The molecule has 0 heteroatoms. The van der Waals surface area contributed by atoms with E-state index < -0.39 is 0 Å². The van der Waals surface area contributed by atoms with E-state index in [2.05, 4.69) is 62.3 Å². The van der Waals surface area contributed by atoms with E-state index >= 15 is 0 Å². The summed E-state index contributed by atoms with van der Waals surface area (Å²) in [6.45, 7) is 23.3. The molecule has 0 N–H and O–H groups in total. The van der Waals surface area contributed by atoms with E-state index in [1.54, 1.807) is 0 Å². The molecule has 0 aliphatic heterocycles. The molecule has 31 heavy (non-hydrogen) atoms. The fourth-order valence-electron chi connectivity index (χ4n) is 9.87. The molecular formula is C31H54. The first-order chi connectivity index (χ1) is 14.4. The smallest absolute Gasteiger partial charge is 0.00568 e. The molecule has 2 saturated carbocycles. The Balaban J connectivity index is 1.63. The first kappa shape index (κ1) is 23.9. The van der Waals surface area contributed by atoms with Gasteiger partial charge in [-0.1, -0.05) is 92.7 Å². The van der Waals surface area contributed by atoms with Crippen LogP contribution in [0.3, 0.4) is 0 Å². The molecule has 0 bridgehead atoms. The summed E-state index contributed by atoms with van der Waals surface area (Å²) in [5.41, 5.74) is 5.92. The van der Waals surface area contributed by atoms with E-state index in [1.807, 2.05) is 11.1 Å². The van der Waals surface area contributed by atoms with Crippen molar-refractivity contribution in [1.82, 2.24) is 0 Å². The first-order valence-corrected chi connectivity index (χ1v) is 14.1. The highest BCUT2D eigenvalue weighted by molar-refractivity contribution is 5.38. The van der Waals surface area contributed by atoms with Crippen molar-refractivity contribution in [3.05, 3.63) is 11.1 Å². The lowest BCUT2D eigenvalue weighted by atomic mass is 9.42. The zero-order valence-electron chi connectivity index (χ0n) is 22.7. The molecule has 0 aromatic heterocycles. The minimum atomic E-state index is 0.471. The zero-order chi connectivity index (χ0) is 22.8. The fourth-order valence-corrected chi connectivity index (χ4v) is 9.87. The standard InChI is InChI=1S/C31H54/c1-21(2)11-10-12-22(3)24-16-19-31(9)26-13-14-27-28(5,6)23(4)15-18-29(27,7)25(26)17-20-30(24,31)8/h21-24,27H,10-20H2,1-9H3/t22-,23+,24?,27?,29-,30-,31+/m1/s1. The van der Waals surface area contributed by atoms with Crippen LogP contribution >= 0.6 is 0 Å². The second-order valence-corrected chi connectivity index (χ2v) is 14.4. The number of allylic oxidation sites excluding steroid dienone is 2. The summed E-state index contributed by atoms with van der Waals surface area (Å²) in [5.74, 6) is 4.46. The Labute approximate surface area is 195 Å². The predicted molar refractivity (Wildman–Crippen MR) is 136 cm³/mol. The summed E-state index contributed by atoms with van der Waals surface area (Å²) >= 11 is 0. The van der Waals surface area contributed by atoms with E-state index in [1.165, 1.54) is 70.6 Å². The Morgan fingerprint density at radius 1 is 0.806 bits per heavy atom. The molecular weight excluding hydrogens is 372 g/mol. The molecule has 0 saturated heterocycles. The van der Waals surface area contributed by atoms with Crippen LogP contribution in [0.25, 0.3) is 0 Å². The van der Waals surface area contributed by atoms with Gasteiger partial charge in [0.2, 0.25) is 0 Å². The lowest BCUT2D eigenvalue weighted by Gasteiger charge is -2.62. The molecule has 0 nitrogen and oxygen atoms in total. The monoisotopic (exact) mass is 426 g/mol. The minimum Gasteiger partial charge on any atom is -0.0642 e. The quantitative estimate of drug-likeness (QED) is 0.384. The van der Waals surface area contributed by atoms with Crippen LogP contribution in [0, 0.1) is 51.2 Å². The van der Waals surface area contributed by atoms with Gasteiger partial charge in [-0.2, -0.15) is 0 Å². The van der Waals surface area contributed by atoms with Gasteiger partial charge in [0.05, 0.1) is 0 Å². The van der Waals surface area contributed by atoms with Crippen molar-refractivity contribution in [2.75, 3.05) is 0 Å². The summed E-state index contributed by atoms with van der Waals surface area (Å²) < 4.78 is 0. The van der Waals surface area contributed by atoms with Crippen molar-refractivity contribution in [3.63, 3.8) is 0 Å². The second-order valence-electron chi connectivity index (χ2n) is 14.4. The van der Waals surface area contributed by atoms with Crippen molar-refractivity contribution >= 4 is 0 Å². The summed E-state index contributed by atoms with van der Waals surface area (Å²) in [5, 5.41) is 0. The topological polar surface area (TPSA) is 0 Å². The van der Waals surface area contributed by atoms with Gasteiger partial charge < -0.3 is 0 Å². The van der Waals surface area contributed by atoms with Crippen LogP contribution in [0.4, 0.5) is 0 Å². The van der Waals surface area contributed by atoms with Crippen molar-refractivity contribution in [2.45, 2.75) is 133 Å². The maximum absolute atomic E-state index is 2.73. The van der Waals surface area contributed by atoms with Gasteiger partial charge in [-0.15, -0.1) is 0 Å². The van der Waals surface area contributed by atoms with Gasteiger partial charge in [0.25, 0.3) is 0 Å². The van der Waals surface area contributed by atoms with Crippen LogP contribution < -0.4 is 0 Å². The van der Waals surface area contributed by atoms with Crippen molar-refractivity contribution in [1.29, 1.82) is 0 Å². The molecule has 0 heterocycles. The van der Waals surface area contributed by atoms with Gasteiger partial charge in [-0.25, -0.2) is 0 Å². The van der Waals surface area contributed by atoms with Crippen LogP contribution in [0.5, 0.6) is 0 Å². The van der Waals surface area contributed by atoms with Gasteiger partial charge >= 0.3 is 0 Å². The molecule has 2 unspecified atom stereocenters. The summed E-state index contributed by atoms with van der Waals surface area (Å²) in [4.78, 5) is 0. The van der Waals surface area contributed by atoms with Gasteiger partial charge in [-0.05, 0) is 103 Å². The lowest BCUT2D eigenvalue weighted by molar-refractivity contribution is -0.0483. The summed E-state index contributed by atoms with van der Waals surface area (Å²) in [6.07, 6.45) is 15.8. The van der Waals surface area contributed by atoms with Gasteiger partial charge in [0.1, 0.15) is 0 Å². The molecule has 0 aromatic carbocycles. The highest BCUT2D eigenvalue weighted by atomic mass is 14.7. The maximum atomic E-state index is 2.73. The third-order valence-corrected chi connectivity index (χ3v) is 12.5. The second kappa shape index (κ2) is 7.91. The molecule has 0 radical (unpaired) electrons. The number of hydrogen-bond acceptors (Lipinski definition) is 0. The third kappa shape index (κ3) is 3.43. The Morgan fingerprint density at radius 2 is 1.52 bits per heavy atom. The number of rotatable bonds is 5. The van der Waals surface area contributed by atoms with Crippen molar-refractivity contribution in [3.8, 4) is 0 Å². The van der Waals surface area contributed by atoms with Crippen LogP contribution in [0.2, 0.25) is 0 Å². The largest absolute Gasteiger partial charge is 0.0642 e. The SMILES string of the molecule is CC(C)CCC[C@@H](C)C1CC[C@@]2(C)C3=C(CC[C@]12C)[C@@]1(C)CC[C@H](C)C(C)(C)C1CC3. The molecule has 0 amide bonds. The van der Waals surface area contributed by atoms with E-state index in [4.69, 9.17) is 0 Å². The zero-order valence-corrected chi connectivity index (χ0v) is 22.7. The van der Waals surface area contributed by atoms with Crippen LogP contribution in [0.15, 0.2) is 11.1 Å². The van der Waals surface area contributed by atoms with Gasteiger partial charge in [0, 0.05) is 0 Å². The maximum Gasteiger partial charge on any atom is -0.00568 e. The third-order valence-electron chi connectivity index (χ3n) is 12.5. The molecule has 7 atom stereocenters. The molecule has 178 valence electrons. The normalized spacial score (nSPS) is 45.3. The Morgan fingerprint density at radius 3 is 2.19 bits per heavy atom. The van der Waals surface area contributed by atoms with Crippen LogP contribution in [-0.2, 0) is 0 Å². The molecule has 0 aromatic rings. The Hall–Kier alpha value is -0.260. The molecule has 4 aliphatic carbocycles. The molecule has 4 aliphatic rings. The number of fused-ring (bicyclic) bond motifs is 4.